The molecule has 0 fully saturated rings. The van der Waals surface area contributed by atoms with E-state index in [0.717, 1.165) is 0 Å². The Kier molecular flexibility index (Phi) is 3.89. The number of hydrogen-bond donors (Lipinski definition) is 1. The third-order valence-electron chi connectivity index (χ3n) is 3.57. The van der Waals surface area contributed by atoms with Crippen LogP contribution in [0.4, 0.5) is 5.69 Å². The molecule has 0 bridgehead atoms. The molecule has 7 heteroatoms. The minimum Gasteiger partial charge on any atom is -0.448 e. The van der Waals surface area contributed by atoms with Gasteiger partial charge in [0.2, 0.25) is 5.76 Å². The second-order valence-electron chi connectivity index (χ2n) is 4.99. The predicted molar refractivity (Wildman–Crippen MR) is 84.7 cm³/mol. The topological polar surface area (TPSA) is 121 Å². The van der Waals surface area contributed by atoms with Crippen molar-refractivity contribution in [3.63, 3.8) is 0 Å². The Hall–Kier alpha value is -4.12. The number of hydrogen-bond acceptors (Lipinski definition) is 6. The molecule has 0 aliphatic carbocycles. The highest BCUT2D eigenvalue weighted by Crippen LogP contribution is 2.38. The lowest BCUT2D eigenvalue weighted by Crippen LogP contribution is -2.35. The Labute approximate surface area is 142 Å². The zero-order valence-corrected chi connectivity index (χ0v) is 12.6. The molecule has 0 aromatic heterocycles. The van der Waals surface area contributed by atoms with Crippen LogP contribution in [0.25, 0.3) is 5.57 Å². The molecule has 0 saturated carbocycles. The van der Waals surface area contributed by atoms with Crippen molar-refractivity contribution in [3.8, 4) is 24.0 Å². The molecule has 1 amide bonds. The lowest BCUT2D eigenvalue weighted by molar-refractivity contribution is -0.122. The van der Waals surface area contributed by atoms with Crippen LogP contribution in [-0.4, -0.2) is 11.1 Å². The van der Waals surface area contributed by atoms with Crippen LogP contribution in [0.2, 0.25) is 0 Å². The van der Waals surface area contributed by atoms with Gasteiger partial charge in [-0.3, -0.25) is 10.0 Å². The highest BCUT2D eigenvalue weighted by molar-refractivity contribution is 6.12. The number of allylic oxidation sites excluding steroid dienone is 1. The molecule has 25 heavy (non-hydrogen) atoms. The molecule has 7 nitrogen and oxygen atoms in total. The van der Waals surface area contributed by atoms with Crippen LogP contribution in [0.5, 0.6) is 5.75 Å². The van der Waals surface area contributed by atoms with Gasteiger partial charge in [0.15, 0.2) is 5.75 Å². The van der Waals surface area contributed by atoms with Crippen molar-refractivity contribution in [1.82, 2.24) is 0 Å². The maximum Gasteiger partial charge on any atom is 0.319 e. The average molecular weight is 328 g/mol. The maximum absolute atomic E-state index is 12.4. The van der Waals surface area contributed by atoms with Gasteiger partial charge in [0, 0.05) is 6.07 Å². The number of nitrogens with zero attached hydrogens (tertiary/aromatic N) is 4. The van der Waals surface area contributed by atoms with Gasteiger partial charge < -0.3 is 4.74 Å². The van der Waals surface area contributed by atoms with Crippen LogP contribution < -0.4 is 9.80 Å². The molecule has 0 atom stereocenters. The lowest BCUT2D eigenvalue weighted by atomic mass is 10.0. The van der Waals surface area contributed by atoms with Gasteiger partial charge in [-0.25, -0.2) is 0 Å². The van der Waals surface area contributed by atoms with Crippen molar-refractivity contribution < 1.29 is 14.7 Å². The Bertz CT molecular complexity index is 1040. The number of nitriles is 3. The maximum atomic E-state index is 12.4. The Morgan fingerprint density at radius 2 is 1.68 bits per heavy atom. The van der Waals surface area contributed by atoms with Gasteiger partial charge >= 0.3 is 5.91 Å². The molecule has 0 radical (unpaired) electrons. The van der Waals surface area contributed by atoms with Crippen molar-refractivity contribution in [1.29, 1.82) is 15.8 Å². The second-order valence-corrected chi connectivity index (χ2v) is 4.99. The smallest absolute Gasteiger partial charge is 0.319 e. The zero-order chi connectivity index (χ0) is 18.0. The van der Waals surface area contributed by atoms with E-state index in [-0.39, 0.29) is 33.9 Å². The van der Waals surface area contributed by atoms with E-state index in [9.17, 15) is 15.3 Å². The van der Waals surface area contributed by atoms with Gasteiger partial charge in [0.1, 0.15) is 29.5 Å². The summed E-state index contributed by atoms with van der Waals surface area (Å²) in [5.41, 5.74) is 0.335. The van der Waals surface area contributed by atoms with Gasteiger partial charge in [-0.15, -0.1) is 0 Å². The van der Waals surface area contributed by atoms with E-state index < -0.39 is 5.91 Å². The summed E-state index contributed by atoms with van der Waals surface area (Å²) in [6.07, 6.45) is 0. The second kappa shape index (κ2) is 6.17. The normalized spacial score (nSPS) is 14.5. The largest absolute Gasteiger partial charge is 0.448 e. The number of carbonyl (C=O) groups excluding carboxylic acids is 1. The minimum atomic E-state index is -0.943. The molecule has 1 aliphatic heterocycles. The van der Waals surface area contributed by atoms with Gasteiger partial charge in [-0.05, 0) is 11.6 Å². The molecule has 3 rings (SSSR count). The number of hydroxylamine groups is 1. The number of benzene rings is 2. The highest BCUT2D eigenvalue weighted by Gasteiger charge is 2.33. The van der Waals surface area contributed by atoms with Crippen LogP contribution in [0.15, 0.2) is 48.2 Å². The lowest BCUT2D eigenvalue weighted by Gasteiger charge is -2.26. The first-order valence-electron chi connectivity index (χ1n) is 7.00. The van der Waals surface area contributed by atoms with Crippen molar-refractivity contribution >= 4 is 17.2 Å². The molecule has 2 aromatic rings. The summed E-state index contributed by atoms with van der Waals surface area (Å²) in [7, 11) is 0. The third kappa shape index (κ3) is 2.55. The summed E-state index contributed by atoms with van der Waals surface area (Å²) in [6.45, 7) is 0. The molecule has 0 saturated heterocycles. The van der Waals surface area contributed by atoms with E-state index >= 15 is 0 Å². The van der Waals surface area contributed by atoms with Crippen molar-refractivity contribution in [3.05, 3.63) is 64.9 Å². The van der Waals surface area contributed by atoms with Gasteiger partial charge in [-0.1, -0.05) is 30.3 Å². The van der Waals surface area contributed by atoms with Crippen molar-refractivity contribution in [2.24, 2.45) is 0 Å². The molecule has 1 aliphatic rings. The van der Waals surface area contributed by atoms with Crippen molar-refractivity contribution in [2.45, 2.75) is 0 Å². The summed E-state index contributed by atoms with van der Waals surface area (Å²) in [6, 6.07) is 16.4. The average Bonchev–Trinajstić information content (AvgIpc) is 2.66. The SMILES string of the molecule is N#CC(=C1Oc2cc(C#N)c(C#N)cc2N(O)C1=O)c1ccccc1. The molecule has 2 aromatic carbocycles. The van der Waals surface area contributed by atoms with Gasteiger partial charge in [-0.2, -0.15) is 20.8 Å². The molecule has 1 N–H and O–H groups in total. The Morgan fingerprint density at radius 1 is 1.04 bits per heavy atom. The fraction of sp³-hybridized carbons (Fsp3) is 0. The summed E-state index contributed by atoms with van der Waals surface area (Å²) in [5.74, 6) is -1.31. The first kappa shape index (κ1) is 15.8. The molecule has 1 heterocycles. The third-order valence-corrected chi connectivity index (χ3v) is 3.57. The number of carbonyl (C=O) groups is 1. The monoisotopic (exact) mass is 328 g/mol. The van der Waals surface area contributed by atoms with E-state index in [4.69, 9.17) is 15.3 Å². The van der Waals surface area contributed by atoms with E-state index in [2.05, 4.69) is 0 Å². The van der Waals surface area contributed by atoms with E-state index in [1.165, 1.54) is 12.1 Å². The Balaban J connectivity index is 2.22. The van der Waals surface area contributed by atoms with Crippen LogP contribution >= 0.6 is 0 Å². The zero-order valence-electron chi connectivity index (χ0n) is 12.6. The van der Waals surface area contributed by atoms with Crippen LogP contribution in [0.3, 0.4) is 0 Å². The fourth-order valence-electron chi connectivity index (χ4n) is 2.37. The summed E-state index contributed by atoms with van der Waals surface area (Å²) < 4.78 is 5.51. The highest BCUT2D eigenvalue weighted by atomic mass is 16.5. The van der Waals surface area contributed by atoms with Crippen LogP contribution in [0.1, 0.15) is 16.7 Å². The number of amides is 1. The first-order chi connectivity index (χ1) is 12.1. The van der Waals surface area contributed by atoms with Gasteiger partial charge in [0.25, 0.3) is 0 Å². The standard InChI is InChI=1S/C18H8N4O3/c19-8-12-6-15-16(7-13(12)9-20)25-17(18(23)22(15)24)14(10-21)11-4-2-1-3-5-11/h1-7,24H. The molecular weight excluding hydrogens is 320 g/mol. The molecular formula is C18H8N4O3. The molecule has 118 valence electrons. The number of ether oxygens (including phenoxy) is 1. The summed E-state index contributed by atoms with van der Waals surface area (Å²) in [4.78, 5) is 12.4. The first-order valence-corrected chi connectivity index (χ1v) is 7.00. The van der Waals surface area contributed by atoms with Gasteiger partial charge in [0.05, 0.1) is 11.1 Å². The van der Waals surface area contributed by atoms with E-state index in [1.54, 1.807) is 30.3 Å². The van der Waals surface area contributed by atoms with Crippen LogP contribution in [0, 0.1) is 34.0 Å². The van der Waals surface area contributed by atoms with Crippen molar-refractivity contribution in [2.75, 3.05) is 5.06 Å². The minimum absolute atomic E-state index is 0.00340. The number of fused-ring (bicyclic) bond motifs is 1. The summed E-state index contributed by atoms with van der Waals surface area (Å²) >= 11 is 0. The van der Waals surface area contributed by atoms with Crippen LogP contribution in [-0.2, 0) is 4.79 Å². The van der Waals surface area contributed by atoms with E-state index in [0.29, 0.717) is 10.6 Å². The summed E-state index contributed by atoms with van der Waals surface area (Å²) in [5, 5.41) is 38.0. The predicted octanol–water partition coefficient (Wildman–Crippen LogP) is 2.48. The molecule has 0 spiro atoms. The van der Waals surface area contributed by atoms with E-state index in [1.807, 2.05) is 18.2 Å². The Morgan fingerprint density at radius 3 is 2.28 bits per heavy atom. The molecule has 0 unspecified atom stereocenters. The fourth-order valence-corrected chi connectivity index (χ4v) is 2.37. The number of rotatable bonds is 1. The quantitative estimate of drug-likeness (QED) is 0.487. The number of anilines is 1.